The number of benzene rings is 2. The molecule has 2 unspecified atom stereocenters. The Morgan fingerprint density at radius 2 is 0.938 bits per heavy atom. The summed E-state index contributed by atoms with van der Waals surface area (Å²) in [6.45, 7) is 12.2. The summed E-state index contributed by atoms with van der Waals surface area (Å²) < 4.78 is 0. The predicted octanol–water partition coefficient (Wildman–Crippen LogP) is 3.97. The standard InChI is InChI=1S/2C12H18NO2P/c2*1-7-4-8(2)10(9(3)5-7)6-11(13-16)12(14)15/h2*4-5,11,13H,6,16H2,1-3H3,(H,14,15)/t2*11-/m10/s1. The van der Waals surface area contributed by atoms with Crippen LogP contribution in [0.25, 0.3) is 0 Å². The van der Waals surface area contributed by atoms with Crippen molar-refractivity contribution < 1.29 is 19.8 Å². The highest BCUT2D eigenvalue weighted by molar-refractivity contribution is 7.14. The molecule has 32 heavy (non-hydrogen) atoms. The topological polar surface area (TPSA) is 98.7 Å². The average Bonchev–Trinajstić information content (AvgIpc) is 2.66. The molecule has 176 valence electrons. The van der Waals surface area contributed by atoms with Gasteiger partial charge in [0.2, 0.25) is 0 Å². The summed E-state index contributed by atoms with van der Waals surface area (Å²) in [5.41, 5.74) is 9.29. The molecule has 0 heterocycles. The van der Waals surface area contributed by atoms with Gasteiger partial charge in [0.25, 0.3) is 0 Å². The molecule has 0 aliphatic rings. The maximum absolute atomic E-state index is 10.9. The zero-order chi connectivity index (χ0) is 24.6. The van der Waals surface area contributed by atoms with Gasteiger partial charge in [-0.2, -0.15) is 0 Å². The Hall–Kier alpha value is -1.84. The van der Waals surface area contributed by atoms with Crippen molar-refractivity contribution in [2.24, 2.45) is 0 Å². The summed E-state index contributed by atoms with van der Waals surface area (Å²) in [7, 11) is 4.54. The van der Waals surface area contributed by atoms with Gasteiger partial charge < -0.3 is 10.2 Å². The smallest absolute Gasteiger partial charge is 0.321 e. The van der Waals surface area contributed by atoms with Gasteiger partial charge in [0, 0.05) is 0 Å². The van der Waals surface area contributed by atoms with Crippen molar-refractivity contribution in [2.75, 3.05) is 0 Å². The van der Waals surface area contributed by atoms with E-state index in [1.165, 1.54) is 11.1 Å². The van der Waals surface area contributed by atoms with E-state index in [9.17, 15) is 9.59 Å². The minimum absolute atomic E-state index is 0.511. The molecule has 0 saturated carbocycles. The number of hydrogen-bond acceptors (Lipinski definition) is 4. The molecular weight excluding hydrogens is 442 g/mol. The van der Waals surface area contributed by atoms with E-state index < -0.39 is 24.0 Å². The Morgan fingerprint density at radius 1 is 0.688 bits per heavy atom. The number of hydrogen-bond donors (Lipinski definition) is 4. The third-order valence-corrected chi connectivity index (χ3v) is 6.30. The highest BCUT2D eigenvalue weighted by Gasteiger charge is 2.18. The van der Waals surface area contributed by atoms with E-state index in [-0.39, 0.29) is 0 Å². The van der Waals surface area contributed by atoms with E-state index in [2.05, 4.69) is 53.2 Å². The third-order valence-electron chi connectivity index (χ3n) is 5.50. The third kappa shape index (κ3) is 8.26. The van der Waals surface area contributed by atoms with E-state index in [0.29, 0.717) is 12.8 Å². The van der Waals surface area contributed by atoms with E-state index in [1.807, 2.05) is 41.5 Å². The van der Waals surface area contributed by atoms with Crippen molar-refractivity contribution >= 4 is 30.7 Å². The summed E-state index contributed by atoms with van der Waals surface area (Å²) in [4.78, 5) is 21.9. The first-order valence-corrected chi connectivity index (χ1v) is 11.6. The van der Waals surface area contributed by atoms with Crippen LogP contribution in [0.15, 0.2) is 24.3 Å². The molecular formula is C24H36N2O4P2. The summed E-state index contributed by atoms with van der Waals surface area (Å²) in [5.74, 6) is -1.65. The van der Waals surface area contributed by atoms with E-state index in [4.69, 9.17) is 10.2 Å². The lowest BCUT2D eigenvalue weighted by atomic mass is 9.95. The number of aryl methyl sites for hydroxylation is 6. The molecule has 4 N–H and O–H groups in total. The number of rotatable bonds is 8. The largest absolute Gasteiger partial charge is 0.480 e. The van der Waals surface area contributed by atoms with Crippen molar-refractivity contribution in [3.8, 4) is 0 Å². The molecule has 0 aromatic heterocycles. The molecule has 0 saturated heterocycles. The summed E-state index contributed by atoms with van der Waals surface area (Å²) >= 11 is 0. The fourth-order valence-corrected chi connectivity index (χ4v) is 4.43. The van der Waals surface area contributed by atoms with Crippen molar-refractivity contribution in [1.82, 2.24) is 10.2 Å². The number of carboxylic acids is 2. The minimum atomic E-state index is -0.825. The van der Waals surface area contributed by atoms with Crippen LogP contribution in [0.1, 0.15) is 44.5 Å². The highest BCUT2D eigenvalue weighted by Crippen LogP contribution is 2.19. The van der Waals surface area contributed by atoms with Crippen LogP contribution < -0.4 is 10.2 Å². The van der Waals surface area contributed by atoms with Gasteiger partial charge in [0.05, 0.1) is 0 Å². The first-order chi connectivity index (χ1) is 14.9. The Labute approximate surface area is 196 Å². The van der Waals surface area contributed by atoms with Gasteiger partial charge in [0.1, 0.15) is 12.1 Å². The van der Waals surface area contributed by atoms with Crippen LogP contribution in [0.4, 0.5) is 0 Å². The SMILES string of the molecule is Cc1cc(C)c(C[C@@H](NP)C(=O)O)c(C)c1.Cc1cc(C)c(C[C@H](NP)C(=O)O)c(C)c1. The Balaban J connectivity index is 0.000000320. The van der Waals surface area contributed by atoms with Crippen molar-refractivity contribution in [2.45, 2.75) is 66.5 Å². The monoisotopic (exact) mass is 478 g/mol. The van der Waals surface area contributed by atoms with Gasteiger partial charge in [-0.25, -0.2) is 0 Å². The number of carbonyl (C=O) groups is 2. The summed E-state index contributed by atoms with van der Waals surface area (Å²) in [6, 6.07) is 7.25. The summed E-state index contributed by atoms with van der Waals surface area (Å²) in [6.07, 6.45) is 1.02. The van der Waals surface area contributed by atoms with Crippen LogP contribution in [-0.4, -0.2) is 34.2 Å². The van der Waals surface area contributed by atoms with Gasteiger partial charge in [-0.05, 0) is 87.8 Å². The van der Waals surface area contributed by atoms with E-state index in [0.717, 1.165) is 33.4 Å². The van der Waals surface area contributed by atoms with Crippen LogP contribution in [0.3, 0.4) is 0 Å². The molecule has 8 heteroatoms. The van der Waals surface area contributed by atoms with Crippen molar-refractivity contribution in [3.05, 3.63) is 68.8 Å². The van der Waals surface area contributed by atoms with Crippen LogP contribution >= 0.6 is 18.8 Å². The van der Waals surface area contributed by atoms with Crippen LogP contribution in [0, 0.1) is 41.5 Å². The van der Waals surface area contributed by atoms with Gasteiger partial charge in [0.15, 0.2) is 0 Å². The molecule has 0 spiro atoms. The zero-order valence-corrected chi connectivity index (χ0v) is 22.1. The second-order valence-electron chi connectivity index (χ2n) is 8.28. The van der Waals surface area contributed by atoms with Crippen molar-refractivity contribution in [3.63, 3.8) is 0 Å². The molecule has 6 nitrogen and oxygen atoms in total. The Kier molecular flexibility index (Phi) is 11.5. The fourth-order valence-electron chi connectivity index (χ4n) is 3.91. The minimum Gasteiger partial charge on any atom is -0.480 e. The van der Waals surface area contributed by atoms with Gasteiger partial charge in [-0.15, -0.1) is 0 Å². The summed E-state index contributed by atoms with van der Waals surface area (Å²) in [5, 5.41) is 23.5. The van der Waals surface area contributed by atoms with E-state index >= 15 is 0 Å². The van der Waals surface area contributed by atoms with Gasteiger partial charge in [-0.1, -0.05) is 54.2 Å². The normalized spacial score (nSPS) is 12.5. The highest BCUT2D eigenvalue weighted by atomic mass is 31.0. The molecule has 2 aromatic rings. The molecule has 0 aliphatic heterocycles. The van der Waals surface area contributed by atoms with Gasteiger partial charge in [-0.3, -0.25) is 19.8 Å². The maximum atomic E-state index is 10.9. The average molecular weight is 479 g/mol. The molecule has 0 fully saturated rings. The van der Waals surface area contributed by atoms with Gasteiger partial charge >= 0.3 is 11.9 Å². The number of aliphatic carboxylic acids is 2. The van der Waals surface area contributed by atoms with Crippen LogP contribution in [0.5, 0.6) is 0 Å². The molecule has 2 aromatic carbocycles. The van der Waals surface area contributed by atoms with Crippen LogP contribution in [0.2, 0.25) is 0 Å². The maximum Gasteiger partial charge on any atom is 0.321 e. The first-order valence-electron chi connectivity index (χ1n) is 10.4. The quantitative estimate of drug-likeness (QED) is 0.429. The number of nitrogens with one attached hydrogen (secondary N) is 2. The number of carboxylic acid groups (broad SMARTS) is 2. The molecule has 0 amide bonds. The molecule has 0 aliphatic carbocycles. The second-order valence-corrected chi connectivity index (χ2v) is 8.94. The fraction of sp³-hybridized carbons (Fsp3) is 0.417. The second kappa shape index (κ2) is 13.0. The zero-order valence-electron chi connectivity index (χ0n) is 19.7. The molecule has 2 rings (SSSR count). The predicted molar refractivity (Wildman–Crippen MR) is 137 cm³/mol. The Morgan fingerprint density at radius 3 is 1.12 bits per heavy atom. The lowest BCUT2D eigenvalue weighted by molar-refractivity contribution is -0.139. The Bertz CT molecular complexity index is 840. The molecule has 0 bridgehead atoms. The van der Waals surface area contributed by atoms with E-state index in [1.54, 1.807) is 0 Å². The molecule has 4 atom stereocenters. The van der Waals surface area contributed by atoms with Crippen molar-refractivity contribution in [1.29, 1.82) is 0 Å². The van der Waals surface area contributed by atoms with Crippen LogP contribution in [-0.2, 0) is 22.4 Å². The lowest BCUT2D eigenvalue weighted by Crippen LogP contribution is -2.32. The lowest BCUT2D eigenvalue weighted by Gasteiger charge is -2.16. The molecule has 0 radical (unpaired) electrons. The first kappa shape index (κ1) is 28.2.